The molecule has 2 nitrogen and oxygen atoms in total. The maximum atomic E-state index is 5.69. The average molecular weight is 184 g/mol. The summed E-state index contributed by atoms with van der Waals surface area (Å²) in [7, 11) is 0. The third kappa shape index (κ3) is 2.82. The molecule has 0 aromatic rings. The molecule has 1 rings (SSSR count). The van der Waals surface area contributed by atoms with Crippen LogP contribution in [-0.4, -0.2) is 18.5 Å². The van der Waals surface area contributed by atoms with E-state index in [1.807, 2.05) is 13.8 Å². The van der Waals surface area contributed by atoms with E-state index in [1.54, 1.807) is 0 Å². The Bertz CT molecular complexity index is 185. The van der Waals surface area contributed by atoms with Crippen LogP contribution < -0.4 is 0 Å². The Kier molecular flexibility index (Phi) is 3.51. The largest absolute Gasteiger partial charge is 0.352 e. The van der Waals surface area contributed by atoms with Crippen molar-refractivity contribution in [1.29, 1.82) is 0 Å². The van der Waals surface area contributed by atoms with Crippen LogP contribution >= 0.6 is 0 Å². The predicted octanol–water partition coefficient (Wildman–Crippen LogP) is 2.88. The van der Waals surface area contributed by atoms with Crippen LogP contribution in [0.3, 0.4) is 0 Å². The topological polar surface area (TPSA) is 18.5 Å². The molecule has 1 fully saturated rings. The standard InChI is InChI=1S/C11H20O2/c1-5-6-7-12-10-8-9(2)11(3,4)13-10/h10H,2,5-8H2,1,3-4H3. The zero-order valence-electron chi connectivity index (χ0n) is 8.93. The van der Waals surface area contributed by atoms with Crippen molar-refractivity contribution in [2.24, 2.45) is 0 Å². The number of hydrogen-bond donors (Lipinski definition) is 0. The molecule has 0 aromatic carbocycles. The van der Waals surface area contributed by atoms with E-state index < -0.39 is 0 Å². The molecule has 1 unspecified atom stereocenters. The van der Waals surface area contributed by atoms with Gasteiger partial charge in [0.15, 0.2) is 6.29 Å². The Morgan fingerprint density at radius 3 is 2.77 bits per heavy atom. The molecule has 13 heavy (non-hydrogen) atoms. The monoisotopic (exact) mass is 184 g/mol. The van der Waals surface area contributed by atoms with Crippen LogP contribution in [0, 0.1) is 0 Å². The van der Waals surface area contributed by atoms with Gasteiger partial charge in [-0.15, -0.1) is 0 Å². The van der Waals surface area contributed by atoms with E-state index in [2.05, 4.69) is 13.5 Å². The Morgan fingerprint density at radius 1 is 1.62 bits per heavy atom. The number of unbranched alkanes of at least 4 members (excludes halogenated alkanes) is 1. The van der Waals surface area contributed by atoms with E-state index in [0.717, 1.165) is 31.4 Å². The van der Waals surface area contributed by atoms with E-state index in [9.17, 15) is 0 Å². The van der Waals surface area contributed by atoms with Gasteiger partial charge in [-0.05, 0) is 25.8 Å². The summed E-state index contributed by atoms with van der Waals surface area (Å²) < 4.78 is 11.3. The van der Waals surface area contributed by atoms with E-state index in [4.69, 9.17) is 9.47 Å². The summed E-state index contributed by atoms with van der Waals surface area (Å²) in [6, 6.07) is 0. The number of ether oxygens (including phenoxy) is 2. The minimum absolute atomic E-state index is 0.0611. The molecule has 1 saturated heterocycles. The molecule has 0 N–H and O–H groups in total. The second-order valence-electron chi connectivity index (χ2n) is 4.09. The summed E-state index contributed by atoms with van der Waals surface area (Å²) >= 11 is 0. The highest BCUT2D eigenvalue weighted by atomic mass is 16.7. The first-order valence-electron chi connectivity index (χ1n) is 5.04. The summed E-state index contributed by atoms with van der Waals surface area (Å²) in [5.41, 5.74) is 0.936. The van der Waals surface area contributed by atoms with Crippen molar-refractivity contribution in [1.82, 2.24) is 0 Å². The molecule has 76 valence electrons. The highest BCUT2D eigenvalue weighted by Gasteiger charge is 2.35. The maximum absolute atomic E-state index is 5.69. The Balaban J connectivity index is 2.28. The Hall–Kier alpha value is -0.340. The first-order valence-corrected chi connectivity index (χ1v) is 5.04. The molecular formula is C11H20O2. The highest BCUT2D eigenvalue weighted by molar-refractivity contribution is 5.14. The van der Waals surface area contributed by atoms with Crippen LogP contribution in [0.1, 0.15) is 40.0 Å². The van der Waals surface area contributed by atoms with Crippen molar-refractivity contribution in [3.8, 4) is 0 Å². The van der Waals surface area contributed by atoms with Gasteiger partial charge in [0.25, 0.3) is 0 Å². The zero-order chi connectivity index (χ0) is 9.90. The summed E-state index contributed by atoms with van der Waals surface area (Å²) in [5, 5.41) is 0. The normalized spacial score (nSPS) is 26.7. The van der Waals surface area contributed by atoms with Gasteiger partial charge in [0.2, 0.25) is 0 Å². The lowest BCUT2D eigenvalue weighted by Crippen LogP contribution is -2.22. The van der Waals surface area contributed by atoms with Crippen LogP contribution in [0.2, 0.25) is 0 Å². The smallest absolute Gasteiger partial charge is 0.162 e. The molecule has 0 radical (unpaired) electrons. The highest BCUT2D eigenvalue weighted by Crippen LogP contribution is 2.34. The molecule has 0 amide bonds. The first kappa shape index (κ1) is 10.7. The second-order valence-corrected chi connectivity index (χ2v) is 4.09. The van der Waals surface area contributed by atoms with Crippen LogP contribution in [0.5, 0.6) is 0 Å². The zero-order valence-corrected chi connectivity index (χ0v) is 8.93. The van der Waals surface area contributed by atoms with E-state index >= 15 is 0 Å². The van der Waals surface area contributed by atoms with Gasteiger partial charge in [0.1, 0.15) is 0 Å². The Morgan fingerprint density at radius 2 is 2.31 bits per heavy atom. The van der Waals surface area contributed by atoms with E-state index in [-0.39, 0.29) is 11.9 Å². The minimum Gasteiger partial charge on any atom is -0.352 e. The molecule has 0 aromatic heterocycles. The SMILES string of the molecule is C=C1CC(OCCCC)OC1(C)C. The van der Waals surface area contributed by atoms with Gasteiger partial charge in [-0.25, -0.2) is 0 Å². The molecule has 1 heterocycles. The fourth-order valence-electron chi connectivity index (χ4n) is 1.35. The van der Waals surface area contributed by atoms with Crippen molar-refractivity contribution in [3.05, 3.63) is 12.2 Å². The lowest BCUT2D eigenvalue weighted by atomic mass is 10.0. The molecule has 0 saturated carbocycles. The molecule has 2 heteroatoms. The van der Waals surface area contributed by atoms with Gasteiger partial charge in [0, 0.05) is 13.0 Å². The third-order valence-corrected chi connectivity index (χ3v) is 2.49. The van der Waals surface area contributed by atoms with E-state index in [1.165, 1.54) is 0 Å². The number of rotatable bonds is 4. The van der Waals surface area contributed by atoms with Gasteiger partial charge in [-0.3, -0.25) is 0 Å². The summed E-state index contributed by atoms with van der Waals surface area (Å²) in [4.78, 5) is 0. The molecule has 0 aliphatic carbocycles. The summed E-state index contributed by atoms with van der Waals surface area (Å²) in [6.45, 7) is 11.0. The fourth-order valence-corrected chi connectivity index (χ4v) is 1.35. The Labute approximate surface area is 80.9 Å². The molecule has 0 bridgehead atoms. The third-order valence-electron chi connectivity index (χ3n) is 2.49. The van der Waals surface area contributed by atoms with Crippen LogP contribution in [0.4, 0.5) is 0 Å². The van der Waals surface area contributed by atoms with Crippen molar-refractivity contribution in [3.63, 3.8) is 0 Å². The molecular weight excluding hydrogens is 164 g/mol. The lowest BCUT2D eigenvalue weighted by Gasteiger charge is -2.19. The maximum Gasteiger partial charge on any atom is 0.162 e. The van der Waals surface area contributed by atoms with Crippen LogP contribution in [0.15, 0.2) is 12.2 Å². The van der Waals surface area contributed by atoms with Crippen molar-refractivity contribution < 1.29 is 9.47 Å². The van der Waals surface area contributed by atoms with Gasteiger partial charge in [-0.1, -0.05) is 19.9 Å². The molecule has 1 aliphatic heterocycles. The first-order chi connectivity index (χ1) is 6.06. The fraction of sp³-hybridized carbons (Fsp3) is 0.818. The molecule has 1 atom stereocenters. The van der Waals surface area contributed by atoms with Gasteiger partial charge >= 0.3 is 0 Å². The molecule has 0 spiro atoms. The van der Waals surface area contributed by atoms with E-state index in [0.29, 0.717) is 0 Å². The van der Waals surface area contributed by atoms with Gasteiger partial charge in [0.05, 0.1) is 5.60 Å². The second kappa shape index (κ2) is 4.25. The minimum atomic E-state index is -0.198. The van der Waals surface area contributed by atoms with Crippen molar-refractivity contribution in [2.75, 3.05) is 6.61 Å². The summed E-state index contributed by atoms with van der Waals surface area (Å²) in [5.74, 6) is 0. The quantitative estimate of drug-likeness (QED) is 0.494. The van der Waals surface area contributed by atoms with Gasteiger partial charge in [-0.2, -0.15) is 0 Å². The summed E-state index contributed by atoms with van der Waals surface area (Å²) in [6.07, 6.45) is 3.05. The lowest BCUT2D eigenvalue weighted by molar-refractivity contribution is -0.156. The van der Waals surface area contributed by atoms with Crippen LogP contribution in [0.25, 0.3) is 0 Å². The van der Waals surface area contributed by atoms with Crippen molar-refractivity contribution >= 4 is 0 Å². The molecule has 1 aliphatic rings. The number of hydrogen-bond acceptors (Lipinski definition) is 2. The van der Waals surface area contributed by atoms with Crippen molar-refractivity contribution in [2.45, 2.75) is 51.9 Å². The predicted molar refractivity (Wildman–Crippen MR) is 53.6 cm³/mol. The van der Waals surface area contributed by atoms with Gasteiger partial charge < -0.3 is 9.47 Å². The average Bonchev–Trinajstić information content (AvgIpc) is 2.27. The van der Waals surface area contributed by atoms with Crippen LogP contribution in [-0.2, 0) is 9.47 Å².